The molecule has 9 heteroatoms. The van der Waals surface area contributed by atoms with Crippen molar-refractivity contribution in [2.75, 3.05) is 13.1 Å². The number of pyridine rings is 1. The summed E-state index contributed by atoms with van der Waals surface area (Å²) in [6.07, 6.45) is 2.76. The molecular weight excluding hydrogens is 379 g/mol. The molecule has 6 nitrogen and oxygen atoms in total. The van der Waals surface area contributed by atoms with Crippen LogP contribution in [0.1, 0.15) is 30.7 Å². The summed E-state index contributed by atoms with van der Waals surface area (Å²) in [5, 5.41) is 0.863. The summed E-state index contributed by atoms with van der Waals surface area (Å²) in [6, 6.07) is 1.33. The van der Waals surface area contributed by atoms with Crippen LogP contribution in [0.3, 0.4) is 0 Å². The third-order valence-corrected chi connectivity index (χ3v) is 4.85. The Morgan fingerprint density at radius 1 is 1.31 bits per heavy atom. The van der Waals surface area contributed by atoms with Crippen molar-refractivity contribution < 1.29 is 13.9 Å². The van der Waals surface area contributed by atoms with Crippen LogP contribution in [0.25, 0.3) is 0 Å². The number of amides is 1. The third kappa shape index (κ3) is 5.28. The van der Waals surface area contributed by atoms with Crippen molar-refractivity contribution in [3.63, 3.8) is 0 Å². The van der Waals surface area contributed by atoms with Gasteiger partial charge < -0.3 is 9.64 Å². The quantitative estimate of drug-likeness (QED) is 0.507. The number of alkyl halides is 1. The second kappa shape index (κ2) is 9.68. The molecule has 1 amide bonds. The van der Waals surface area contributed by atoms with Gasteiger partial charge in [0.2, 0.25) is 5.88 Å². The van der Waals surface area contributed by atoms with Crippen molar-refractivity contribution >= 4 is 29.5 Å². The summed E-state index contributed by atoms with van der Waals surface area (Å²) in [6.45, 7) is 5.85. The molecule has 0 saturated heterocycles. The van der Waals surface area contributed by atoms with Gasteiger partial charge in [-0.15, -0.1) is 0 Å². The minimum Gasteiger partial charge on any atom is -0.391 e. The Morgan fingerprint density at radius 2 is 2.04 bits per heavy atom. The Balaban J connectivity index is 2.17. The SMILES string of the molecule is CCN(CC)C(=O)Oc1cc(CF)nc(SCc2c(C)cncc2Cl)n1. The van der Waals surface area contributed by atoms with Gasteiger partial charge in [-0.1, -0.05) is 23.4 Å². The fourth-order valence-electron chi connectivity index (χ4n) is 2.15. The molecule has 0 bridgehead atoms. The van der Waals surface area contributed by atoms with Gasteiger partial charge in [-0.25, -0.2) is 14.2 Å². The number of hydrogen-bond donors (Lipinski definition) is 0. The molecule has 2 heterocycles. The van der Waals surface area contributed by atoms with Gasteiger partial charge in [-0.05, 0) is 31.9 Å². The van der Waals surface area contributed by atoms with E-state index < -0.39 is 12.8 Å². The summed E-state index contributed by atoms with van der Waals surface area (Å²) in [7, 11) is 0. The number of hydrogen-bond acceptors (Lipinski definition) is 6. The van der Waals surface area contributed by atoms with Crippen LogP contribution < -0.4 is 4.74 Å². The average Bonchev–Trinajstić information content (AvgIpc) is 2.62. The van der Waals surface area contributed by atoms with Gasteiger partial charge in [0.05, 0.1) is 10.7 Å². The van der Waals surface area contributed by atoms with Crippen LogP contribution in [-0.2, 0) is 12.4 Å². The summed E-state index contributed by atoms with van der Waals surface area (Å²) >= 11 is 7.46. The fourth-order valence-corrected chi connectivity index (χ4v) is 3.49. The van der Waals surface area contributed by atoms with Crippen molar-refractivity contribution in [1.82, 2.24) is 19.9 Å². The number of halogens is 2. The molecule has 0 aliphatic carbocycles. The van der Waals surface area contributed by atoms with Crippen LogP contribution in [0, 0.1) is 6.92 Å². The van der Waals surface area contributed by atoms with E-state index in [0.29, 0.717) is 29.0 Å². The molecule has 2 aromatic rings. The molecule has 0 N–H and O–H groups in total. The molecule has 0 aromatic carbocycles. The summed E-state index contributed by atoms with van der Waals surface area (Å²) in [5.41, 5.74) is 2.00. The molecular formula is C17H20ClFN4O2S. The molecule has 0 radical (unpaired) electrons. The lowest BCUT2D eigenvalue weighted by Crippen LogP contribution is -2.33. The number of rotatable bonds is 7. The zero-order chi connectivity index (χ0) is 19.1. The molecule has 2 rings (SSSR count). The van der Waals surface area contributed by atoms with Crippen molar-refractivity contribution in [2.45, 2.75) is 38.4 Å². The van der Waals surface area contributed by atoms with Gasteiger partial charge in [0.15, 0.2) is 5.16 Å². The van der Waals surface area contributed by atoms with Gasteiger partial charge in [0, 0.05) is 37.3 Å². The van der Waals surface area contributed by atoms with Crippen LogP contribution in [0.2, 0.25) is 5.02 Å². The van der Waals surface area contributed by atoms with Crippen molar-refractivity contribution in [1.29, 1.82) is 0 Å². The Labute approximate surface area is 161 Å². The van der Waals surface area contributed by atoms with Crippen LogP contribution >= 0.6 is 23.4 Å². The predicted molar refractivity (Wildman–Crippen MR) is 99.3 cm³/mol. The highest BCUT2D eigenvalue weighted by Crippen LogP contribution is 2.27. The van der Waals surface area contributed by atoms with Gasteiger partial charge >= 0.3 is 6.09 Å². The van der Waals surface area contributed by atoms with Crippen LogP contribution in [0.4, 0.5) is 9.18 Å². The van der Waals surface area contributed by atoms with Crippen LogP contribution in [0.15, 0.2) is 23.6 Å². The van der Waals surface area contributed by atoms with Gasteiger partial charge in [-0.3, -0.25) is 4.98 Å². The lowest BCUT2D eigenvalue weighted by atomic mass is 10.2. The number of carbonyl (C=O) groups is 1. The van der Waals surface area contributed by atoms with Crippen molar-refractivity contribution in [3.8, 4) is 5.88 Å². The topological polar surface area (TPSA) is 68.2 Å². The van der Waals surface area contributed by atoms with Crippen molar-refractivity contribution in [3.05, 3.63) is 40.3 Å². The number of aromatic nitrogens is 3. The monoisotopic (exact) mass is 398 g/mol. The second-order valence-electron chi connectivity index (χ2n) is 5.36. The number of nitrogens with zero attached hydrogens (tertiary/aromatic N) is 4. The predicted octanol–water partition coefficient (Wildman–Crippen LogP) is 4.44. The molecule has 0 aliphatic heterocycles. The lowest BCUT2D eigenvalue weighted by Gasteiger charge is -2.17. The van der Waals surface area contributed by atoms with E-state index in [9.17, 15) is 9.18 Å². The minimum absolute atomic E-state index is 0.0320. The van der Waals surface area contributed by atoms with E-state index in [1.807, 2.05) is 20.8 Å². The maximum absolute atomic E-state index is 13.1. The molecule has 0 spiro atoms. The van der Waals surface area contributed by atoms with E-state index in [1.165, 1.54) is 22.7 Å². The highest BCUT2D eigenvalue weighted by molar-refractivity contribution is 7.98. The fraction of sp³-hybridized carbons (Fsp3) is 0.412. The first kappa shape index (κ1) is 20.4. The molecule has 0 atom stereocenters. The average molecular weight is 399 g/mol. The summed E-state index contributed by atoms with van der Waals surface area (Å²) in [4.78, 5) is 25.9. The summed E-state index contributed by atoms with van der Waals surface area (Å²) in [5.74, 6) is 0.524. The van der Waals surface area contributed by atoms with E-state index >= 15 is 0 Å². The Morgan fingerprint density at radius 3 is 2.65 bits per heavy atom. The van der Waals surface area contributed by atoms with E-state index in [1.54, 1.807) is 12.4 Å². The van der Waals surface area contributed by atoms with Gasteiger partial charge in [-0.2, -0.15) is 4.98 Å². The van der Waals surface area contributed by atoms with Crippen LogP contribution in [-0.4, -0.2) is 39.0 Å². The van der Waals surface area contributed by atoms with Gasteiger partial charge in [0.25, 0.3) is 0 Å². The zero-order valence-corrected chi connectivity index (χ0v) is 16.4. The van der Waals surface area contributed by atoms with Crippen molar-refractivity contribution in [2.24, 2.45) is 0 Å². The first-order valence-electron chi connectivity index (χ1n) is 8.10. The zero-order valence-electron chi connectivity index (χ0n) is 14.8. The number of aryl methyl sites for hydroxylation is 1. The van der Waals surface area contributed by atoms with E-state index in [2.05, 4.69) is 15.0 Å². The smallest absolute Gasteiger partial charge is 0.391 e. The second-order valence-corrected chi connectivity index (χ2v) is 6.71. The Kier molecular flexibility index (Phi) is 7.59. The van der Waals surface area contributed by atoms with E-state index in [0.717, 1.165) is 11.1 Å². The Bertz CT molecular complexity index is 754. The third-order valence-electron chi connectivity index (χ3n) is 3.65. The Hall–Kier alpha value is -1.93. The van der Waals surface area contributed by atoms with E-state index in [4.69, 9.17) is 16.3 Å². The maximum atomic E-state index is 13.1. The number of thioether (sulfide) groups is 1. The molecule has 140 valence electrons. The molecule has 0 fully saturated rings. The number of ether oxygens (including phenoxy) is 1. The van der Waals surface area contributed by atoms with Crippen LogP contribution in [0.5, 0.6) is 5.88 Å². The first-order chi connectivity index (χ1) is 12.5. The first-order valence-corrected chi connectivity index (χ1v) is 9.47. The number of carbonyl (C=O) groups excluding carboxylic acids is 1. The molecule has 0 aliphatic rings. The maximum Gasteiger partial charge on any atom is 0.416 e. The lowest BCUT2D eigenvalue weighted by molar-refractivity contribution is 0.155. The minimum atomic E-state index is -0.777. The molecule has 0 unspecified atom stereocenters. The highest BCUT2D eigenvalue weighted by Gasteiger charge is 2.15. The molecule has 26 heavy (non-hydrogen) atoms. The normalized spacial score (nSPS) is 10.7. The summed E-state index contributed by atoms with van der Waals surface area (Å²) < 4.78 is 18.4. The van der Waals surface area contributed by atoms with Gasteiger partial charge in [0.1, 0.15) is 6.67 Å². The molecule has 0 saturated carbocycles. The largest absolute Gasteiger partial charge is 0.416 e. The highest BCUT2D eigenvalue weighted by atomic mass is 35.5. The molecule has 2 aromatic heterocycles. The standard InChI is InChI=1S/C17H20ClFN4O2S/c1-4-23(5-2)17(24)25-15-6-12(7-19)21-16(22-15)26-10-13-11(3)8-20-9-14(13)18/h6,8-9H,4-5,7,10H2,1-3H3. The van der Waals surface area contributed by atoms with E-state index in [-0.39, 0.29) is 11.6 Å².